The van der Waals surface area contributed by atoms with E-state index in [0.717, 1.165) is 12.8 Å². The molecule has 0 bridgehead atoms. The molecule has 0 aliphatic carbocycles. The van der Waals surface area contributed by atoms with Gasteiger partial charge in [0, 0.05) is 12.8 Å². The van der Waals surface area contributed by atoms with E-state index < -0.39 is 29.9 Å². The van der Waals surface area contributed by atoms with Crippen LogP contribution in [0, 0.1) is 0 Å². The predicted molar refractivity (Wildman–Crippen MR) is 119 cm³/mol. The molecule has 0 aromatic carbocycles. The molecule has 0 saturated heterocycles. The molecule has 0 spiro atoms. The van der Waals surface area contributed by atoms with Crippen LogP contribution in [0.15, 0.2) is 0 Å². The molecule has 0 fully saturated rings. The minimum atomic E-state index is -1.12. The molecule has 0 heterocycles. The Morgan fingerprint density at radius 1 is 0.767 bits per heavy atom. The molecule has 0 aliphatic heterocycles. The van der Waals surface area contributed by atoms with Gasteiger partial charge in [-0.25, -0.2) is 4.79 Å². The van der Waals surface area contributed by atoms with E-state index in [1.165, 1.54) is 45.6 Å². The van der Waals surface area contributed by atoms with Crippen molar-refractivity contribution in [2.75, 3.05) is 13.6 Å². The van der Waals surface area contributed by atoms with Crippen molar-refractivity contribution < 1.29 is 28.7 Å². The third kappa shape index (κ3) is 21.4. The van der Waals surface area contributed by atoms with Crippen molar-refractivity contribution in [1.82, 2.24) is 5.32 Å². The minimum absolute atomic E-state index is 0. The normalized spacial score (nSPS) is 10.9. The fourth-order valence-electron chi connectivity index (χ4n) is 2.57. The van der Waals surface area contributed by atoms with Crippen LogP contribution in [-0.2, 0) is 28.7 Å². The van der Waals surface area contributed by atoms with E-state index in [1.54, 1.807) is 0 Å². The molecule has 0 aromatic heterocycles. The molecular formula is C20H38N2Na2O6. The fraction of sp³-hybridized carbons (Fsp3) is 0.800. The van der Waals surface area contributed by atoms with Gasteiger partial charge in [0.05, 0.1) is 6.54 Å². The summed E-state index contributed by atoms with van der Waals surface area (Å²) < 4.78 is 9.20. The molecule has 1 atom stereocenters. The Morgan fingerprint density at radius 2 is 1.27 bits per heavy atom. The fourth-order valence-corrected chi connectivity index (χ4v) is 2.57. The van der Waals surface area contributed by atoms with Gasteiger partial charge in [-0.1, -0.05) is 58.3 Å². The average Bonchev–Trinajstić information content (AvgIpc) is 2.64. The topological polar surface area (TPSA) is 125 Å². The number of nitrogens with two attached hydrogens (primary N) is 1. The molecule has 30 heavy (non-hydrogen) atoms. The maximum atomic E-state index is 11.6. The standard InChI is InChI=1S/C20H36N2O6.2Na.2H/c1-3-4-5-6-7-8-9-10-11-12-17(23)27-18(24)14-13-16(21)20(26)28-19(25)15-22-2;;;;/h16,22H,3-15,21H2,1-2H3;;;;/t16-;;;;/m0..../s1. The number of unbranched alkanes of at least 4 members (excludes halogenated alkanes) is 8. The molecule has 0 saturated carbocycles. The second-order valence-corrected chi connectivity index (χ2v) is 6.89. The summed E-state index contributed by atoms with van der Waals surface area (Å²) in [6.45, 7) is 2.08. The van der Waals surface area contributed by atoms with Crippen LogP contribution >= 0.6 is 0 Å². The van der Waals surface area contributed by atoms with E-state index in [1.807, 2.05) is 0 Å². The van der Waals surface area contributed by atoms with Crippen LogP contribution in [0.25, 0.3) is 0 Å². The van der Waals surface area contributed by atoms with Crippen LogP contribution in [0.4, 0.5) is 0 Å². The van der Waals surface area contributed by atoms with Crippen LogP contribution in [0.1, 0.15) is 84.0 Å². The van der Waals surface area contributed by atoms with E-state index in [0.29, 0.717) is 6.42 Å². The first-order chi connectivity index (χ1) is 13.4. The van der Waals surface area contributed by atoms with Gasteiger partial charge in [-0.15, -0.1) is 0 Å². The molecule has 0 unspecified atom stereocenters. The number of carbonyl (C=O) groups excluding carboxylic acids is 4. The molecule has 166 valence electrons. The quantitative estimate of drug-likeness (QED) is 0.156. The second kappa shape index (κ2) is 23.9. The Morgan fingerprint density at radius 3 is 1.80 bits per heavy atom. The number of hydrogen-bond acceptors (Lipinski definition) is 8. The number of nitrogens with one attached hydrogen (secondary N) is 1. The van der Waals surface area contributed by atoms with E-state index >= 15 is 0 Å². The molecule has 0 aliphatic rings. The number of esters is 4. The zero-order valence-electron chi connectivity index (χ0n) is 17.3. The van der Waals surface area contributed by atoms with Crippen molar-refractivity contribution in [3.63, 3.8) is 0 Å². The first kappa shape index (κ1) is 34.8. The SMILES string of the molecule is CCCCCCCCCCCC(=O)OC(=O)CC[C@H](N)C(=O)OC(=O)CNC.[NaH].[NaH]. The van der Waals surface area contributed by atoms with Gasteiger partial charge in [-0.05, 0) is 19.9 Å². The van der Waals surface area contributed by atoms with Gasteiger partial charge in [0.1, 0.15) is 6.04 Å². The van der Waals surface area contributed by atoms with Crippen LogP contribution in [0.5, 0.6) is 0 Å². The number of ether oxygens (including phenoxy) is 2. The number of carbonyl (C=O) groups is 4. The summed E-state index contributed by atoms with van der Waals surface area (Å²) in [6, 6.07) is -1.12. The monoisotopic (exact) mass is 448 g/mol. The third-order valence-electron chi connectivity index (χ3n) is 4.21. The van der Waals surface area contributed by atoms with Crippen molar-refractivity contribution in [2.24, 2.45) is 5.73 Å². The van der Waals surface area contributed by atoms with Crippen LogP contribution in [0.3, 0.4) is 0 Å². The van der Waals surface area contributed by atoms with Crippen LogP contribution < -0.4 is 11.1 Å². The molecule has 0 radical (unpaired) electrons. The van der Waals surface area contributed by atoms with Crippen LogP contribution in [0.2, 0.25) is 0 Å². The molecule has 0 aromatic rings. The Hall–Kier alpha value is 0.200. The number of hydrogen-bond donors (Lipinski definition) is 2. The zero-order chi connectivity index (χ0) is 21.2. The average molecular weight is 449 g/mol. The van der Waals surface area contributed by atoms with E-state index in [2.05, 4.69) is 17.0 Å². The van der Waals surface area contributed by atoms with Crippen molar-refractivity contribution in [3.05, 3.63) is 0 Å². The van der Waals surface area contributed by atoms with Crippen molar-refractivity contribution in [3.8, 4) is 0 Å². The predicted octanol–water partition coefficient (Wildman–Crippen LogP) is 1.08. The summed E-state index contributed by atoms with van der Waals surface area (Å²) in [5, 5.41) is 2.54. The second-order valence-electron chi connectivity index (χ2n) is 6.89. The van der Waals surface area contributed by atoms with E-state index in [9.17, 15) is 19.2 Å². The van der Waals surface area contributed by atoms with Crippen molar-refractivity contribution in [1.29, 1.82) is 0 Å². The molecule has 3 N–H and O–H groups in total. The van der Waals surface area contributed by atoms with Gasteiger partial charge in [0.2, 0.25) is 0 Å². The number of rotatable bonds is 16. The maximum absolute atomic E-state index is 11.6. The van der Waals surface area contributed by atoms with Crippen LogP contribution in [-0.4, -0.2) is 103 Å². The Balaban J connectivity index is -0.00000364. The summed E-state index contributed by atoms with van der Waals surface area (Å²) in [4.78, 5) is 46.0. The molecule has 8 nitrogen and oxygen atoms in total. The van der Waals surface area contributed by atoms with E-state index in [4.69, 9.17) is 10.5 Å². The van der Waals surface area contributed by atoms with Gasteiger partial charge in [-0.3, -0.25) is 14.4 Å². The summed E-state index contributed by atoms with van der Waals surface area (Å²) in [7, 11) is 1.54. The summed E-state index contributed by atoms with van der Waals surface area (Å²) >= 11 is 0. The molecule has 0 rings (SSSR count). The van der Waals surface area contributed by atoms with Gasteiger partial charge in [0.25, 0.3) is 0 Å². The Kier molecular flexibility index (Phi) is 27.7. The van der Waals surface area contributed by atoms with Gasteiger partial charge >= 0.3 is 83.0 Å². The van der Waals surface area contributed by atoms with Crippen molar-refractivity contribution in [2.45, 2.75) is 90.0 Å². The first-order valence-corrected chi connectivity index (χ1v) is 10.3. The van der Waals surface area contributed by atoms with Gasteiger partial charge < -0.3 is 20.5 Å². The Bertz CT molecular complexity index is 492. The van der Waals surface area contributed by atoms with Crippen molar-refractivity contribution >= 4 is 83.0 Å². The third-order valence-corrected chi connectivity index (χ3v) is 4.21. The van der Waals surface area contributed by atoms with E-state index in [-0.39, 0.29) is 84.9 Å². The molecular weight excluding hydrogens is 410 g/mol. The Labute approximate surface area is 224 Å². The first-order valence-electron chi connectivity index (χ1n) is 10.3. The van der Waals surface area contributed by atoms with Gasteiger partial charge in [-0.2, -0.15) is 0 Å². The number of likely N-dealkylation sites (N-methyl/N-ethyl adjacent to an activating group) is 1. The molecule has 0 amide bonds. The zero-order valence-corrected chi connectivity index (χ0v) is 17.3. The molecule has 10 heteroatoms. The van der Waals surface area contributed by atoms with Gasteiger partial charge in [0.15, 0.2) is 0 Å². The summed E-state index contributed by atoms with van der Waals surface area (Å²) in [5.74, 6) is -2.95. The summed E-state index contributed by atoms with van der Waals surface area (Å²) in [6.07, 6.45) is 10.2. The summed E-state index contributed by atoms with van der Waals surface area (Å²) in [5.41, 5.74) is 5.57.